The Morgan fingerprint density at radius 1 is 1.33 bits per heavy atom. The van der Waals surface area contributed by atoms with Crippen molar-refractivity contribution in [1.29, 1.82) is 0 Å². The molecule has 94 valence electrons. The number of nitrogens with zero attached hydrogens (tertiary/aromatic N) is 1. The molecular weight excluding hydrogens is 318 g/mol. The fourth-order valence-corrected chi connectivity index (χ4v) is 1.88. The first-order valence-electron chi connectivity index (χ1n) is 5.33. The van der Waals surface area contributed by atoms with Crippen molar-refractivity contribution in [3.63, 3.8) is 0 Å². The Morgan fingerprint density at radius 3 is 2.72 bits per heavy atom. The molecule has 1 atom stereocenters. The molecule has 1 N–H and O–H groups in total. The van der Waals surface area contributed by atoms with Gasteiger partial charge in [0.1, 0.15) is 11.5 Å². The first-order valence-corrected chi connectivity index (χ1v) is 6.50. The highest BCUT2D eigenvalue weighted by atomic mass is 79.9. The largest absolute Gasteiger partial charge is 0.454 e. The van der Waals surface area contributed by atoms with Crippen molar-refractivity contribution in [2.75, 3.05) is 0 Å². The third kappa shape index (κ3) is 3.22. The summed E-state index contributed by atoms with van der Waals surface area (Å²) in [6.45, 7) is 1.66. The average Bonchev–Trinajstić information content (AvgIpc) is 2.34. The number of halogens is 2. The molecule has 0 aliphatic rings. The molecule has 0 spiro atoms. The first kappa shape index (κ1) is 13.3. The summed E-state index contributed by atoms with van der Waals surface area (Å²) >= 11 is 9.37. The van der Waals surface area contributed by atoms with Crippen LogP contribution in [0, 0.1) is 0 Å². The van der Waals surface area contributed by atoms with Gasteiger partial charge in [-0.15, -0.1) is 0 Å². The lowest BCUT2D eigenvalue weighted by Gasteiger charge is -2.09. The second-order valence-electron chi connectivity index (χ2n) is 3.77. The van der Waals surface area contributed by atoms with Crippen molar-refractivity contribution < 1.29 is 9.84 Å². The Morgan fingerprint density at radius 2 is 2.11 bits per heavy atom. The van der Waals surface area contributed by atoms with Gasteiger partial charge < -0.3 is 9.84 Å². The van der Waals surface area contributed by atoms with Crippen LogP contribution >= 0.6 is 27.5 Å². The zero-order chi connectivity index (χ0) is 13.1. The average molecular weight is 329 g/mol. The molecule has 1 heterocycles. The molecule has 2 rings (SSSR count). The van der Waals surface area contributed by atoms with E-state index >= 15 is 0 Å². The van der Waals surface area contributed by atoms with Crippen LogP contribution < -0.4 is 4.74 Å². The van der Waals surface area contributed by atoms with Crippen molar-refractivity contribution >= 4 is 27.5 Å². The SMILES string of the molecule is C[C@@H](O)c1ccc(Oc2cc(Br)ccc2Cl)cn1. The monoisotopic (exact) mass is 327 g/mol. The van der Waals surface area contributed by atoms with E-state index in [0.29, 0.717) is 22.2 Å². The molecule has 0 aliphatic carbocycles. The number of aromatic nitrogens is 1. The molecule has 1 aromatic heterocycles. The molecule has 0 bridgehead atoms. The number of rotatable bonds is 3. The third-order valence-corrected chi connectivity index (χ3v) is 3.11. The predicted octanol–water partition coefficient (Wildman–Crippen LogP) is 4.34. The number of pyridine rings is 1. The Kier molecular flexibility index (Phi) is 4.22. The lowest BCUT2D eigenvalue weighted by Crippen LogP contribution is -1.95. The topological polar surface area (TPSA) is 42.4 Å². The standard InChI is InChI=1S/C13H11BrClNO2/c1-8(17)12-5-3-10(7-16-12)18-13-6-9(14)2-4-11(13)15/h2-8,17H,1H3/t8-/m1/s1. The van der Waals surface area contributed by atoms with E-state index in [1.807, 2.05) is 6.07 Å². The number of aliphatic hydroxyl groups is 1. The zero-order valence-corrected chi connectivity index (χ0v) is 11.9. The van der Waals surface area contributed by atoms with E-state index in [1.165, 1.54) is 0 Å². The lowest BCUT2D eigenvalue weighted by molar-refractivity contribution is 0.194. The van der Waals surface area contributed by atoms with Gasteiger partial charge in [0.25, 0.3) is 0 Å². The molecule has 0 saturated carbocycles. The minimum absolute atomic E-state index is 0.526. The molecule has 2 aromatic rings. The predicted molar refractivity (Wildman–Crippen MR) is 74.1 cm³/mol. The van der Waals surface area contributed by atoms with E-state index in [9.17, 15) is 5.11 Å². The van der Waals surface area contributed by atoms with Crippen molar-refractivity contribution in [2.45, 2.75) is 13.0 Å². The van der Waals surface area contributed by atoms with Gasteiger partial charge in [0.2, 0.25) is 0 Å². The van der Waals surface area contributed by atoms with Gasteiger partial charge in [-0.3, -0.25) is 4.98 Å². The first-order chi connectivity index (χ1) is 8.56. The highest BCUT2D eigenvalue weighted by Crippen LogP contribution is 2.31. The van der Waals surface area contributed by atoms with Crippen LogP contribution in [0.25, 0.3) is 0 Å². The third-order valence-electron chi connectivity index (χ3n) is 2.31. The molecule has 0 saturated heterocycles. The van der Waals surface area contributed by atoms with Crippen molar-refractivity contribution in [3.8, 4) is 11.5 Å². The summed E-state index contributed by atoms with van der Waals surface area (Å²) in [5.41, 5.74) is 0.600. The van der Waals surface area contributed by atoms with Gasteiger partial charge in [-0.05, 0) is 37.3 Å². The number of hydrogen-bond donors (Lipinski definition) is 1. The summed E-state index contributed by atoms with van der Waals surface area (Å²) in [6.07, 6.45) is 0.966. The summed E-state index contributed by atoms with van der Waals surface area (Å²) in [5.74, 6) is 1.12. The number of benzene rings is 1. The fourth-order valence-electron chi connectivity index (χ4n) is 1.38. The fraction of sp³-hybridized carbons (Fsp3) is 0.154. The number of ether oxygens (including phenoxy) is 1. The van der Waals surface area contributed by atoms with Crippen LogP contribution in [0.2, 0.25) is 5.02 Å². The minimum Gasteiger partial charge on any atom is -0.454 e. The number of hydrogen-bond acceptors (Lipinski definition) is 3. The zero-order valence-electron chi connectivity index (χ0n) is 9.60. The maximum absolute atomic E-state index is 9.35. The quantitative estimate of drug-likeness (QED) is 0.911. The van der Waals surface area contributed by atoms with E-state index in [1.54, 1.807) is 37.4 Å². The van der Waals surface area contributed by atoms with E-state index in [0.717, 1.165) is 4.47 Å². The molecule has 1 aromatic carbocycles. The Bertz CT molecular complexity index is 543. The smallest absolute Gasteiger partial charge is 0.147 e. The molecule has 0 aliphatic heterocycles. The molecular formula is C13H11BrClNO2. The van der Waals surface area contributed by atoms with E-state index in [4.69, 9.17) is 16.3 Å². The second-order valence-corrected chi connectivity index (χ2v) is 5.09. The van der Waals surface area contributed by atoms with Gasteiger partial charge in [0, 0.05) is 4.47 Å². The molecule has 18 heavy (non-hydrogen) atoms. The summed E-state index contributed by atoms with van der Waals surface area (Å²) in [6, 6.07) is 8.83. The van der Waals surface area contributed by atoms with Gasteiger partial charge in [-0.2, -0.15) is 0 Å². The van der Waals surface area contributed by atoms with Crippen molar-refractivity contribution in [2.24, 2.45) is 0 Å². The highest BCUT2D eigenvalue weighted by molar-refractivity contribution is 9.10. The molecule has 0 unspecified atom stereocenters. The normalized spacial score (nSPS) is 12.2. The van der Waals surface area contributed by atoms with Crippen LogP contribution in [0.1, 0.15) is 18.7 Å². The number of aliphatic hydroxyl groups excluding tert-OH is 1. The van der Waals surface area contributed by atoms with E-state index < -0.39 is 6.10 Å². The molecule has 0 amide bonds. The molecule has 0 radical (unpaired) electrons. The van der Waals surface area contributed by atoms with Gasteiger partial charge in [-0.25, -0.2) is 0 Å². The van der Waals surface area contributed by atoms with Crippen LogP contribution in [-0.4, -0.2) is 10.1 Å². The van der Waals surface area contributed by atoms with Gasteiger partial charge >= 0.3 is 0 Å². The van der Waals surface area contributed by atoms with E-state index in [-0.39, 0.29) is 0 Å². The maximum atomic E-state index is 9.35. The van der Waals surface area contributed by atoms with Crippen LogP contribution in [0.4, 0.5) is 0 Å². The van der Waals surface area contributed by atoms with Crippen LogP contribution in [0.5, 0.6) is 11.5 Å². The summed E-state index contributed by atoms with van der Waals surface area (Å²) in [5, 5.41) is 9.88. The van der Waals surface area contributed by atoms with Gasteiger partial charge in [0.05, 0.1) is 23.0 Å². The Labute approximate surface area is 119 Å². The van der Waals surface area contributed by atoms with Crippen molar-refractivity contribution in [1.82, 2.24) is 4.98 Å². The van der Waals surface area contributed by atoms with Gasteiger partial charge in [-0.1, -0.05) is 27.5 Å². The summed E-state index contributed by atoms with van der Waals surface area (Å²) in [7, 11) is 0. The van der Waals surface area contributed by atoms with Crippen LogP contribution in [0.3, 0.4) is 0 Å². The Balaban J connectivity index is 2.21. The van der Waals surface area contributed by atoms with Crippen LogP contribution in [0.15, 0.2) is 41.0 Å². The summed E-state index contributed by atoms with van der Waals surface area (Å²) in [4.78, 5) is 4.10. The highest BCUT2D eigenvalue weighted by Gasteiger charge is 2.06. The summed E-state index contributed by atoms with van der Waals surface area (Å²) < 4.78 is 6.50. The minimum atomic E-state index is -0.589. The van der Waals surface area contributed by atoms with Gasteiger partial charge in [0.15, 0.2) is 0 Å². The molecule has 3 nitrogen and oxygen atoms in total. The Hall–Kier alpha value is -1.10. The second kappa shape index (κ2) is 5.69. The molecule has 0 fully saturated rings. The van der Waals surface area contributed by atoms with Crippen LogP contribution in [-0.2, 0) is 0 Å². The lowest BCUT2D eigenvalue weighted by atomic mass is 10.2. The van der Waals surface area contributed by atoms with E-state index in [2.05, 4.69) is 20.9 Å². The molecule has 5 heteroatoms. The van der Waals surface area contributed by atoms with Crippen molar-refractivity contribution in [3.05, 3.63) is 51.7 Å². The maximum Gasteiger partial charge on any atom is 0.147 e.